The largest absolute Gasteiger partial charge is 0.508 e. The summed E-state index contributed by atoms with van der Waals surface area (Å²) in [5, 5.41) is 22.5. The number of carbonyl (C=O) groups excluding carboxylic acids is 2. The first-order valence-corrected chi connectivity index (χ1v) is 10.7. The van der Waals surface area contributed by atoms with Gasteiger partial charge in [0.1, 0.15) is 5.76 Å². The van der Waals surface area contributed by atoms with Crippen LogP contribution in [0, 0.1) is 6.92 Å². The number of imidazole rings is 1. The summed E-state index contributed by atoms with van der Waals surface area (Å²) in [6, 6.07) is 13.5. The van der Waals surface area contributed by atoms with E-state index in [-0.39, 0.29) is 17.7 Å². The number of fused-ring (bicyclic) bond motifs is 1. The van der Waals surface area contributed by atoms with Gasteiger partial charge in [-0.25, -0.2) is 14.3 Å². The van der Waals surface area contributed by atoms with Crippen LogP contribution in [0.4, 0.5) is 16.2 Å². The van der Waals surface area contributed by atoms with Crippen molar-refractivity contribution in [2.45, 2.75) is 13.8 Å². The molecule has 172 valence electrons. The molecule has 2 aromatic carbocycles. The maximum Gasteiger partial charge on any atom is 0.319 e. The minimum absolute atomic E-state index is 0.0566. The van der Waals surface area contributed by atoms with Crippen molar-refractivity contribution in [3.8, 4) is 11.3 Å². The van der Waals surface area contributed by atoms with Gasteiger partial charge in [0.15, 0.2) is 5.65 Å². The Morgan fingerprint density at radius 2 is 1.79 bits per heavy atom. The molecule has 0 spiro atoms. The first-order valence-electron chi connectivity index (χ1n) is 10.7. The third-order valence-electron chi connectivity index (χ3n) is 5.28. The number of aromatic nitrogens is 3. The maximum absolute atomic E-state index is 12.8. The summed E-state index contributed by atoms with van der Waals surface area (Å²) >= 11 is 0. The molecule has 9 heteroatoms. The summed E-state index contributed by atoms with van der Waals surface area (Å²) in [7, 11) is 0. The van der Waals surface area contributed by atoms with Crippen molar-refractivity contribution in [3.63, 3.8) is 0 Å². The van der Waals surface area contributed by atoms with E-state index in [4.69, 9.17) is 0 Å². The predicted octanol–water partition coefficient (Wildman–Crippen LogP) is 4.63. The molecule has 0 aliphatic rings. The lowest BCUT2D eigenvalue weighted by atomic mass is 10.0. The third kappa shape index (κ3) is 4.58. The van der Waals surface area contributed by atoms with E-state index >= 15 is 0 Å². The number of amides is 3. The standard InChI is InChI=1S/C25H24N6O3/c1-4-26-25(34)29-22-14-21(30-31-13-12-27-23(22)31)19-6-5-7-20(15(19)2)28-24(33)18-10-8-17(9-11-18)16(3)32/h5-14,32H,3-4H2,1-2H3,(H,28,33)(H2,26,29,34). The summed E-state index contributed by atoms with van der Waals surface area (Å²) < 4.78 is 1.60. The molecule has 0 aliphatic heterocycles. The van der Waals surface area contributed by atoms with Crippen LogP contribution in [0.25, 0.3) is 22.7 Å². The Morgan fingerprint density at radius 3 is 2.50 bits per heavy atom. The molecule has 4 rings (SSSR count). The van der Waals surface area contributed by atoms with Crippen molar-refractivity contribution in [2.75, 3.05) is 17.2 Å². The SMILES string of the molecule is C=C(O)c1ccc(C(=O)Nc2cccc(-c3cc(NC(=O)NCC)c4nccn4n3)c2C)cc1. The topological polar surface area (TPSA) is 121 Å². The van der Waals surface area contributed by atoms with Crippen molar-refractivity contribution in [1.29, 1.82) is 0 Å². The van der Waals surface area contributed by atoms with Gasteiger partial charge in [0.05, 0.1) is 11.4 Å². The highest BCUT2D eigenvalue weighted by atomic mass is 16.3. The van der Waals surface area contributed by atoms with Gasteiger partial charge in [0, 0.05) is 41.3 Å². The Hall–Kier alpha value is -4.66. The van der Waals surface area contributed by atoms with Crippen LogP contribution in [0.3, 0.4) is 0 Å². The second-order valence-electron chi connectivity index (χ2n) is 7.58. The van der Waals surface area contributed by atoms with Crippen molar-refractivity contribution < 1.29 is 14.7 Å². The molecular weight excluding hydrogens is 432 g/mol. The lowest BCUT2D eigenvalue weighted by Gasteiger charge is -2.14. The van der Waals surface area contributed by atoms with Crippen LogP contribution >= 0.6 is 0 Å². The Balaban J connectivity index is 1.65. The van der Waals surface area contributed by atoms with Gasteiger partial charge in [-0.15, -0.1) is 0 Å². The summed E-state index contributed by atoms with van der Waals surface area (Å²) in [5.74, 6) is -0.342. The molecule has 4 aromatic rings. The molecule has 9 nitrogen and oxygen atoms in total. The number of hydrogen-bond acceptors (Lipinski definition) is 5. The number of aliphatic hydroxyl groups is 1. The molecule has 2 aromatic heterocycles. The molecule has 0 saturated heterocycles. The molecule has 3 amide bonds. The first kappa shape index (κ1) is 22.5. The third-order valence-corrected chi connectivity index (χ3v) is 5.28. The monoisotopic (exact) mass is 456 g/mol. The zero-order valence-electron chi connectivity index (χ0n) is 18.8. The van der Waals surface area contributed by atoms with Crippen LogP contribution < -0.4 is 16.0 Å². The fourth-order valence-corrected chi connectivity index (χ4v) is 3.52. The number of aliphatic hydroxyl groups excluding tert-OH is 1. The van der Waals surface area contributed by atoms with E-state index in [1.54, 1.807) is 47.2 Å². The Bertz CT molecular complexity index is 1390. The summed E-state index contributed by atoms with van der Waals surface area (Å²) in [6.07, 6.45) is 3.31. The van der Waals surface area contributed by atoms with Crippen molar-refractivity contribution in [3.05, 3.63) is 84.2 Å². The lowest BCUT2D eigenvalue weighted by Crippen LogP contribution is -2.28. The van der Waals surface area contributed by atoms with Crippen LogP contribution in [-0.4, -0.2) is 38.2 Å². The molecule has 0 bridgehead atoms. The van der Waals surface area contributed by atoms with E-state index in [1.165, 1.54) is 0 Å². The van der Waals surface area contributed by atoms with E-state index in [2.05, 4.69) is 32.6 Å². The number of carbonyl (C=O) groups is 2. The summed E-state index contributed by atoms with van der Waals surface area (Å²) in [5.41, 5.74) is 4.87. The summed E-state index contributed by atoms with van der Waals surface area (Å²) in [6.45, 7) is 7.70. The number of urea groups is 1. The highest BCUT2D eigenvalue weighted by Gasteiger charge is 2.15. The molecular formula is C25H24N6O3. The zero-order chi connectivity index (χ0) is 24.2. The van der Waals surface area contributed by atoms with Crippen LogP contribution in [0.15, 0.2) is 67.5 Å². The minimum atomic E-state index is -0.335. The number of benzene rings is 2. The van der Waals surface area contributed by atoms with Crippen molar-refractivity contribution in [1.82, 2.24) is 19.9 Å². The minimum Gasteiger partial charge on any atom is -0.508 e. The van der Waals surface area contributed by atoms with Gasteiger partial charge in [-0.2, -0.15) is 5.10 Å². The molecule has 0 unspecified atom stereocenters. The van der Waals surface area contributed by atoms with Crippen LogP contribution in [0.2, 0.25) is 0 Å². The smallest absolute Gasteiger partial charge is 0.319 e. The first-order chi connectivity index (χ1) is 16.4. The van der Waals surface area contributed by atoms with Gasteiger partial charge in [-0.05, 0) is 43.7 Å². The highest BCUT2D eigenvalue weighted by molar-refractivity contribution is 6.05. The van der Waals surface area contributed by atoms with Gasteiger partial charge in [0.25, 0.3) is 5.91 Å². The predicted molar refractivity (Wildman–Crippen MR) is 132 cm³/mol. The van der Waals surface area contributed by atoms with Crippen molar-refractivity contribution >= 4 is 34.7 Å². The number of nitrogens with one attached hydrogen (secondary N) is 3. The Morgan fingerprint density at radius 1 is 1.06 bits per heavy atom. The van der Waals surface area contributed by atoms with Gasteiger partial charge in [0.2, 0.25) is 0 Å². The van der Waals surface area contributed by atoms with Crippen LogP contribution in [0.5, 0.6) is 0 Å². The molecule has 4 N–H and O–H groups in total. The second kappa shape index (κ2) is 9.45. The molecule has 0 aliphatic carbocycles. The fourth-order valence-electron chi connectivity index (χ4n) is 3.52. The number of anilines is 2. The zero-order valence-corrected chi connectivity index (χ0v) is 18.8. The number of nitrogens with zero attached hydrogens (tertiary/aromatic N) is 3. The Labute approximate surface area is 196 Å². The molecule has 0 radical (unpaired) electrons. The van der Waals surface area contributed by atoms with Gasteiger partial charge >= 0.3 is 6.03 Å². The van der Waals surface area contributed by atoms with E-state index in [9.17, 15) is 14.7 Å². The average molecular weight is 457 g/mol. The van der Waals surface area contributed by atoms with E-state index in [1.807, 2.05) is 32.0 Å². The molecule has 2 heterocycles. The number of rotatable bonds is 6. The Kier molecular flexibility index (Phi) is 6.26. The second-order valence-corrected chi connectivity index (χ2v) is 7.58. The highest BCUT2D eigenvalue weighted by Crippen LogP contribution is 2.30. The van der Waals surface area contributed by atoms with E-state index in [0.717, 1.165) is 11.1 Å². The van der Waals surface area contributed by atoms with E-state index < -0.39 is 0 Å². The lowest BCUT2D eigenvalue weighted by molar-refractivity contribution is 0.102. The molecule has 0 atom stereocenters. The fraction of sp³-hybridized carbons (Fsp3) is 0.120. The van der Waals surface area contributed by atoms with Gasteiger partial charge in [-0.1, -0.05) is 30.8 Å². The quantitative estimate of drug-likeness (QED) is 0.315. The van der Waals surface area contributed by atoms with Crippen molar-refractivity contribution in [2.24, 2.45) is 0 Å². The van der Waals surface area contributed by atoms with Crippen LogP contribution in [-0.2, 0) is 0 Å². The van der Waals surface area contributed by atoms with E-state index in [0.29, 0.717) is 40.4 Å². The number of hydrogen-bond donors (Lipinski definition) is 4. The molecule has 0 saturated carbocycles. The van der Waals surface area contributed by atoms with Gasteiger partial charge < -0.3 is 21.1 Å². The normalized spacial score (nSPS) is 10.6. The summed E-state index contributed by atoms with van der Waals surface area (Å²) in [4.78, 5) is 29.2. The molecule has 0 fully saturated rings. The van der Waals surface area contributed by atoms with Crippen LogP contribution in [0.1, 0.15) is 28.4 Å². The average Bonchev–Trinajstić information content (AvgIpc) is 3.29. The molecule has 34 heavy (non-hydrogen) atoms. The van der Waals surface area contributed by atoms with Gasteiger partial charge in [-0.3, -0.25) is 4.79 Å². The maximum atomic E-state index is 12.8.